The molecule has 0 aromatic carbocycles. The molecule has 0 aliphatic carbocycles. The van der Waals surface area contributed by atoms with E-state index in [-0.39, 0.29) is 6.61 Å². The highest BCUT2D eigenvalue weighted by atomic mass is 16.3. The zero-order valence-electron chi connectivity index (χ0n) is 19.8. The fourth-order valence-corrected chi connectivity index (χ4v) is 4.49. The number of hydrogen-bond acceptors (Lipinski definition) is 3. The Balaban J connectivity index is 1.71. The van der Waals surface area contributed by atoms with Gasteiger partial charge in [0.15, 0.2) is 0 Å². The van der Waals surface area contributed by atoms with Crippen molar-refractivity contribution < 1.29 is 5.11 Å². The molecule has 0 amide bonds. The van der Waals surface area contributed by atoms with Crippen molar-refractivity contribution in [1.29, 1.82) is 0 Å². The van der Waals surface area contributed by atoms with Gasteiger partial charge in [-0.2, -0.15) is 0 Å². The first-order valence-corrected chi connectivity index (χ1v) is 13.3. The normalized spacial score (nSPS) is 14.0. The molecule has 1 aliphatic rings. The molecule has 0 spiro atoms. The summed E-state index contributed by atoms with van der Waals surface area (Å²) in [4.78, 5) is 6.84. The van der Waals surface area contributed by atoms with E-state index in [4.69, 9.17) is 5.11 Å². The van der Waals surface area contributed by atoms with Gasteiger partial charge in [0.1, 0.15) is 0 Å². The molecule has 0 fully saturated rings. The lowest BCUT2D eigenvalue weighted by Crippen LogP contribution is -2.30. The van der Waals surface area contributed by atoms with E-state index in [0.29, 0.717) is 0 Å². The van der Waals surface area contributed by atoms with Gasteiger partial charge in [-0.3, -0.25) is 4.99 Å². The zero-order valence-corrected chi connectivity index (χ0v) is 19.8. The molecule has 1 heterocycles. The van der Waals surface area contributed by atoms with Crippen molar-refractivity contribution in [2.75, 3.05) is 26.2 Å². The summed E-state index contributed by atoms with van der Waals surface area (Å²) in [6, 6.07) is 0. The molecule has 1 rings (SSSR count). The van der Waals surface area contributed by atoms with Crippen molar-refractivity contribution in [3.05, 3.63) is 0 Å². The monoisotopic (exact) mass is 408 g/mol. The Kier molecular flexibility index (Phi) is 18.9. The Labute approximate surface area is 182 Å². The molecule has 0 radical (unpaired) electrons. The van der Waals surface area contributed by atoms with Crippen LogP contribution in [-0.2, 0) is 0 Å². The van der Waals surface area contributed by atoms with Crippen LogP contribution in [0.25, 0.3) is 0 Å². The molecule has 1 aliphatic heterocycles. The van der Waals surface area contributed by atoms with Crippen LogP contribution in [0.5, 0.6) is 0 Å². The summed E-state index contributed by atoms with van der Waals surface area (Å²) in [7, 11) is 0. The number of amidine groups is 1. The predicted molar refractivity (Wildman–Crippen MR) is 129 cm³/mol. The number of β-amino-alcohol motifs (C(OH)–C–C–N with tert-alkyl or cyclic N) is 1. The molecule has 0 aromatic heterocycles. The molecular formula is C26H52N2O. The van der Waals surface area contributed by atoms with Crippen molar-refractivity contribution >= 4 is 5.84 Å². The third kappa shape index (κ3) is 15.9. The summed E-state index contributed by atoms with van der Waals surface area (Å²) in [5.74, 6) is 1.24. The van der Waals surface area contributed by atoms with E-state index in [9.17, 15) is 0 Å². The van der Waals surface area contributed by atoms with Crippen molar-refractivity contribution in [3.8, 4) is 0 Å². The second-order valence-electron chi connectivity index (χ2n) is 9.12. The highest BCUT2D eigenvalue weighted by Crippen LogP contribution is 2.15. The summed E-state index contributed by atoms with van der Waals surface area (Å²) in [5.41, 5.74) is 0. The van der Waals surface area contributed by atoms with Crippen molar-refractivity contribution in [2.45, 2.75) is 135 Å². The van der Waals surface area contributed by atoms with Crippen molar-refractivity contribution in [2.24, 2.45) is 4.99 Å². The molecule has 0 atom stereocenters. The maximum atomic E-state index is 9.08. The van der Waals surface area contributed by atoms with Crippen LogP contribution < -0.4 is 0 Å². The summed E-state index contributed by atoms with van der Waals surface area (Å²) in [5, 5.41) is 9.08. The number of rotatable bonds is 22. The van der Waals surface area contributed by atoms with E-state index in [0.717, 1.165) is 26.1 Å². The standard InChI is InChI=1S/C26H52N2O/c1-2-3-4-5-6-7-8-9-10-11-12-13-14-15-16-17-18-19-20-21-26-27-22-23-28(26)24-25-29/h29H,2-25H2,1H3. The van der Waals surface area contributed by atoms with E-state index in [2.05, 4.69) is 16.8 Å². The average molecular weight is 409 g/mol. The molecular weight excluding hydrogens is 356 g/mol. The lowest BCUT2D eigenvalue weighted by molar-refractivity contribution is 0.255. The van der Waals surface area contributed by atoms with Crippen LogP contribution in [0.2, 0.25) is 0 Å². The second-order valence-corrected chi connectivity index (χ2v) is 9.12. The molecule has 3 heteroatoms. The Morgan fingerprint density at radius 2 is 1.07 bits per heavy atom. The lowest BCUT2D eigenvalue weighted by atomic mass is 10.0. The minimum absolute atomic E-state index is 0.248. The van der Waals surface area contributed by atoms with Gasteiger partial charge < -0.3 is 10.0 Å². The van der Waals surface area contributed by atoms with Gasteiger partial charge in [0, 0.05) is 19.5 Å². The molecule has 0 bridgehead atoms. The molecule has 0 saturated heterocycles. The van der Waals surface area contributed by atoms with Crippen LogP contribution in [0.4, 0.5) is 0 Å². The molecule has 0 aromatic rings. The largest absolute Gasteiger partial charge is 0.395 e. The highest BCUT2D eigenvalue weighted by molar-refractivity contribution is 5.83. The van der Waals surface area contributed by atoms with Crippen LogP contribution >= 0.6 is 0 Å². The molecule has 0 saturated carbocycles. The summed E-state index contributed by atoms with van der Waals surface area (Å²) in [6.45, 7) is 5.24. The van der Waals surface area contributed by atoms with Gasteiger partial charge in [-0.05, 0) is 6.42 Å². The quantitative estimate of drug-likeness (QED) is 0.188. The maximum absolute atomic E-state index is 9.08. The number of unbranched alkanes of at least 4 members (excludes halogenated alkanes) is 18. The van der Waals surface area contributed by atoms with E-state index in [1.54, 1.807) is 0 Å². The SMILES string of the molecule is CCCCCCCCCCCCCCCCCCCCCC1=NCCN1CCO. The zero-order chi connectivity index (χ0) is 20.8. The van der Waals surface area contributed by atoms with Gasteiger partial charge in [-0.1, -0.05) is 122 Å². The second kappa shape index (κ2) is 20.7. The summed E-state index contributed by atoms with van der Waals surface area (Å²) < 4.78 is 0. The van der Waals surface area contributed by atoms with E-state index < -0.39 is 0 Å². The average Bonchev–Trinajstić information content (AvgIpc) is 3.17. The molecule has 172 valence electrons. The van der Waals surface area contributed by atoms with Crippen LogP contribution in [0, 0.1) is 0 Å². The summed E-state index contributed by atoms with van der Waals surface area (Å²) >= 11 is 0. The van der Waals surface area contributed by atoms with Crippen molar-refractivity contribution in [1.82, 2.24) is 4.90 Å². The highest BCUT2D eigenvalue weighted by Gasteiger charge is 2.14. The topological polar surface area (TPSA) is 35.8 Å². The fraction of sp³-hybridized carbons (Fsp3) is 0.962. The fourth-order valence-electron chi connectivity index (χ4n) is 4.49. The molecule has 29 heavy (non-hydrogen) atoms. The first kappa shape index (κ1) is 26.5. The van der Waals surface area contributed by atoms with Gasteiger partial charge >= 0.3 is 0 Å². The minimum Gasteiger partial charge on any atom is -0.395 e. The number of nitrogens with zero attached hydrogens (tertiary/aromatic N) is 2. The van der Waals surface area contributed by atoms with Crippen LogP contribution in [-0.4, -0.2) is 42.1 Å². The van der Waals surface area contributed by atoms with Gasteiger partial charge in [0.05, 0.1) is 19.0 Å². The third-order valence-corrected chi connectivity index (χ3v) is 6.40. The van der Waals surface area contributed by atoms with Gasteiger partial charge in [-0.15, -0.1) is 0 Å². The van der Waals surface area contributed by atoms with E-state index in [1.807, 2.05) is 0 Å². The Morgan fingerprint density at radius 1 is 0.655 bits per heavy atom. The maximum Gasteiger partial charge on any atom is 0.0991 e. The smallest absolute Gasteiger partial charge is 0.0991 e. The Bertz CT molecular complexity index is 370. The van der Waals surface area contributed by atoms with Crippen LogP contribution in [0.1, 0.15) is 135 Å². The van der Waals surface area contributed by atoms with E-state index in [1.165, 1.54) is 128 Å². The van der Waals surface area contributed by atoms with Gasteiger partial charge in [0.2, 0.25) is 0 Å². The van der Waals surface area contributed by atoms with Crippen LogP contribution in [0.3, 0.4) is 0 Å². The lowest BCUT2D eigenvalue weighted by Gasteiger charge is -2.18. The molecule has 3 nitrogen and oxygen atoms in total. The van der Waals surface area contributed by atoms with Gasteiger partial charge in [0.25, 0.3) is 0 Å². The van der Waals surface area contributed by atoms with Crippen molar-refractivity contribution in [3.63, 3.8) is 0 Å². The van der Waals surface area contributed by atoms with Gasteiger partial charge in [-0.25, -0.2) is 0 Å². The number of aliphatic hydroxyl groups excluding tert-OH is 1. The predicted octanol–water partition coefficient (Wildman–Crippen LogP) is 7.51. The van der Waals surface area contributed by atoms with E-state index >= 15 is 0 Å². The minimum atomic E-state index is 0.248. The number of hydrogen-bond donors (Lipinski definition) is 1. The molecule has 1 N–H and O–H groups in total. The third-order valence-electron chi connectivity index (χ3n) is 6.40. The number of aliphatic hydroxyl groups is 1. The Hall–Kier alpha value is -0.570. The molecule has 0 unspecified atom stereocenters. The Morgan fingerprint density at radius 3 is 1.48 bits per heavy atom. The number of aliphatic imine (C=N–C) groups is 1. The summed E-state index contributed by atoms with van der Waals surface area (Å²) in [6.07, 6.45) is 28.3. The first-order chi connectivity index (χ1) is 14.4. The van der Waals surface area contributed by atoms with Crippen LogP contribution in [0.15, 0.2) is 4.99 Å². The first-order valence-electron chi connectivity index (χ1n) is 13.3.